The first kappa shape index (κ1) is 17.3. The van der Waals surface area contributed by atoms with Crippen LogP contribution in [0, 0.1) is 0 Å². The van der Waals surface area contributed by atoms with Crippen LogP contribution >= 0.6 is 11.6 Å². The molecule has 0 bridgehead atoms. The summed E-state index contributed by atoms with van der Waals surface area (Å²) in [5.41, 5.74) is 1.17. The fraction of sp³-hybridized carbons (Fsp3) is 0.467. The van der Waals surface area contributed by atoms with Crippen molar-refractivity contribution in [2.75, 3.05) is 26.2 Å². The van der Waals surface area contributed by atoms with E-state index in [0.717, 1.165) is 23.9 Å². The van der Waals surface area contributed by atoms with E-state index < -0.39 is 0 Å². The second kappa shape index (κ2) is 10.0. The second-order valence-electron chi connectivity index (χ2n) is 4.55. The van der Waals surface area contributed by atoms with Gasteiger partial charge in [0.1, 0.15) is 0 Å². The van der Waals surface area contributed by atoms with Gasteiger partial charge in [-0.2, -0.15) is 0 Å². The summed E-state index contributed by atoms with van der Waals surface area (Å²) in [7, 11) is 0. The Morgan fingerprint density at radius 2 is 2.00 bits per heavy atom. The minimum atomic E-state index is -0.0281. The van der Waals surface area contributed by atoms with Crippen molar-refractivity contribution in [1.29, 1.82) is 0 Å². The quantitative estimate of drug-likeness (QED) is 0.407. The largest absolute Gasteiger partial charge is 0.357 e. The molecule has 0 aliphatic carbocycles. The van der Waals surface area contributed by atoms with Crippen LogP contribution in [0.4, 0.5) is 0 Å². The van der Waals surface area contributed by atoms with Gasteiger partial charge >= 0.3 is 0 Å². The van der Waals surface area contributed by atoms with Gasteiger partial charge in [-0.05, 0) is 31.0 Å². The lowest BCUT2D eigenvalue weighted by atomic mass is 10.1. The van der Waals surface area contributed by atoms with Gasteiger partial charge < -0.3 is 16.0 Å². The first-order valence-corrected chi connectivity index (χ1v) is 7.50. The van der Waals surface area contributed by atoms with Gasteiger partial charge in [-0.25, -0.2) is 0 Å². The number of halogens is 1. The van der Waals surface area contributed by atoms with Gasteiger partial charge in [0.25, 0.3) is 0 Å². The molecule has 0 saturated heterocycles. The molecule has 0 aromatic heterocycles. The lowest BCUT2D eigenvalue weighted by Crippen LogP contribution is -2.41. The highest BCUT2D eigenvalue weighted by Gasteiger charge is 1.98. The van der Waals surface area contributed by atoms with Crippen LogP contribution < -0.4 is 16.0 Å². The lowest BCUT2D eigenvalue weighted by molar-refractivity contribution is -0.118. The molecule has 0 atom stereocenters. The summed E-state index contributed by atoms with van der Waals surface area (Å²) in [4.78, 5) is 15.3. The van der Waals surface area contributed by atoms with Crippen molar-refractivity contribution in [3.05, 3.63) is 34.9 Å². The third kappa shape index (κ3) is 8.19. The van der Waals surface area contributed by atoms with E-state index >= 15 is 0 Å². The van der Waals surface area contributed by atoms with Crippen molar-refractivity contribution in [1.82, 2.24) is 16.0 Å². The Labute approximate surface area is 131 Å². The summed E-state index contributed by atoms with van der Waals surface area (Å²) in [6.07, 6.45) is 0.836. The average molecular weight is 311 g/mol. The third-order valence-corrected chi connectivity index (χ3v) is 2.93. The number of hydrogen-bond acceptors (Lipinski definition) is 2. The summed E-state index contributed by atoms with van der Waals surface area (Å²) >= 11 is 5.95. The van der Waals surface area contributed by atoms with Gasteiger partial charge in [-0.15, -0.1) is 0 Å². The van der Waals surface area contributed by atoms with Crippen molar-refractivity contribution in [3.63, 3.8) is 0 Å². The van der Waals surface area contributed by atoms with Crippen molar-refractivity contribution < 1.29 is 4.79 Å². The van der Waals surface area contributed by atoms with Crippen molar-refractivity contribution in [2.45, 2.75) is 20.3 Å². The Kier molecular flexibility index (Phi) is 8.28. The van der Waals surface area contributed by atoms with E-state index in [2.05, 4.69) is 20.9 Å². The Balaban J connectivity index is 2.38. The maximum Gasteiger partial charge on any atom is 0.216 e. The molecule has 0 radical (unpaired) electrons. The first-order chi connectivity index (χ1) is 10.1. The molecule has 0 saturated carbocycles. The average Bonchev–Trinajstić information content (AvgIpc) is 2.43. The molecule has 0 heterocycles. The molecule has 21 heavy (non-hydrogen) atoms. The van der Waals surface area contributed by atoms with Crippen LogP contribution in [0.3, 0.4) is 0 Å². The van der Waals surface area contributed by atoms with Crippen LogP contribution in [0.5, 0.6) is 0 Å². The topological polar surface area (TPSA) is 65.5 Å². The fourth-order valence-electron chi connectivity index (χ4n) is 1.75. The Bertz CT molecular complexity index is 476. The normalized spacial score (nSPS) is 11.1. The number of carbonyl (C=O) groups excluding carboxylic acids is 1. The van der Waals surface area contributed by atoms with E-state index in [1.165, 1.54) is 12.5 Å². The monoisotopic (exact) mass is 310 g/mol. The van der Waals surface area contributed by atoms with Gasteiger partial charge in [-0.1, -0.05) is 23.7 Å². The molecule has 1 amide bonds. The summed E-state index contributed by atoms with van der Waals surface area (Å²) < 4.78 is 0. The number of carbonyl (C=O) groups is 1. The van der Waals surface area contributed by atoms with Gasteiger partial charge in [0.05, 0.1) is 0 Å². The van der Waals surface area contributed by atoms with Gasteiger partial charge in [0.15, 0.2) is 5.96 Å². The maximum absolute atomic E-state index is 10.8. The zero-order valence-electron chi connectivity index (χ0n) is 12.6. The van der Waals surface area contributed by atoms with Gasteiger partial charge in [0.2, 0.25) is 5.91 Å². The number of nitrogens with one attached hydrogen (secondary N) is 3. The number of benzene rings is 1. The van der Waals surface area contributed by atoms with Crippen LogP contribution in [0.15, 0.2) is 29.3 Å². The molecule has 0 aliphatic rings. The number of rotatable bonds is 7. The number of hydrogen-bond donors (Lipinski definition) is 3. The molecule has 0 fully saturated rings. The Morgan fingerprint density at radius 3 is 2.67 bits per heavy atom. The molecule has 0 unspecified atom stereocenters. The van der Waals surface area contributed by atoms with Crippen LogP contribution in [0.25, 0.3) is 0 Å². The summed E-state index contributed by atoms with van der Waals surface area (Å²) in [6.45, 7) is 6.21. The summed E-state index contributed by atoms with van der Waals surface area (Å²) in [5.74, 6) is 0.726. The standard InChI is InChI=1S/C15H23ClN4O/c1-3-17-15(20-10-9-18-12(2)21)19-8-7-13-5-4-6-14(16)11-13/h4-6,11H,3,7-10H2,1-2H3,(H,18,21)(H2,17,19,20). The zero-order valence-corrected chi connectivity index (χ0v) is 13.3. The molecule has 1 rings (SSSR count). The molecule has 1 aromatic carbocycles. The van der Waals surface area contributed by atoms with Crippen LogP contribution in [-0.2, 0) is 11.2 Å². The summed E-state index contributed by atoms with van der Waals surface area (Å²) in [6, 6.07) is 7.80. The highest BCUT2D eigenvalue weighted by atomic mass is 35.5. The Morgan fingerprint density at radius 1 is 1.24 bits per heavy atom. The maximum atomic E-state index is 10.8. The SMILES string of the molecule is CCNC(=NCCc1cccc(Cl)c1)NCCNC(C)=O. The minimum Gasteiger partial charge on any atom is -0.357 e. The highest BCUT2D eigenvalue weighted by Crippen LogP contribution is 2.10. The van der Waals surface area contributed by atoms with Gasteiger partial charge in [0, 0.05) is 38.1 Å². The predicted octanol–water partition coefficient (Wildman–Crippen LogP) is 1.57. The third-order valence-electron chi connectivity index (χ3n) is 2.70. The zero-order chi connectivity index (χ0) is 15.5. The van der Waals surface area contributed by atoms with Crippen LogP contribution in [0.1, 0.15) is 19.4 Å². The predicted molar refractivity (Wildman–Crippen MR) is 87.8 cm³/mol. The number of aliphatic imine (C=N–C) groups is 1. The van der Waals surface area contributed by atoms with Crippen LogP contribution in [0.2, 0.25) is 5.02 Å². The number of nitrogens with zero attached hydrogens (tertiary/aromatic N) is 1. The van der Waals surface area contributed by atoms with Crippen LogP contribution in [-0.4, -0.2) is 38.0 Å². The molecule has 1 aromatic rings. The molecule has 6 heteroatoms. The van der Waals surface area contributed by atoms with Crippen molar-refractivity contribution >= 4 is 23.5 Å². The van der Waals surface area contributed by atoms with E-state index in [-0.39, 0.29) is 5.91 Å². The van der Waals surface area contributed by atoms with E-state index in [1.807, 2.05) is 31.2 Å². The van der Waals surface area contributed by atoms with E-state index in [4.69, 9.17) is 11.6 Å². The lowest BCUT2D eigenvalue weighted by Gasteiger charge is -2.11. The molecular weight excluding hydrogens is 288 g/mol. The minimum absolute atomic E-state index is 0.0281. The fourth-order valence-corrected chi connectivity index (χ4v) is 1.96. The molecule has 5 nitrogen and oxygen atoms in total. The molecule has 0 spiro atoms. The molecule has 116 valence electrons. The number of guanidine groups is 1. The van der Waals surface area contributed by atoms with Gasteiger partial charge in [-0.3, -0.25) is 9.79 Å². The molecule has 0 aliphatic heterocycles. The smallest absolute Gasteiger partial charge is 0.216 e. The van der Waals surface area contributed by atoms with E-state index in [9.17, 15) is 4.79 Å². The second-order valence-corrected chi connectivity index (χ2v) is 4.99. The van der Waals surface area contributed by atoms with E-state index in [1.54, 1.807) is 0 Å². The van der Waals surface area contributed by atoms with E-state index in [0.29, 0.717) is 19.6 Å². The summed E-state index contributed by atoms with van der Waals surface area (Å²) in [5, 5.41) is 9.82. The molecule has 3 N–H and O–H groups in total. The Hall–Kier alpha value is -1.75. The molecular formula is C15H23ClN4O. The highest BCUT2D eigenvalue weighted by molar-refractivity contribution is 6.30. The van der Waals surface area contributed by atoms with Crippen molar-refractivity contribution in [2.24, 2.45) is 4.99 Å². The number of amides is 1. The first-order valence-electron chi connectivity index (χ1n) is 7.13. The van der Waals surface area contributed by atoms with Crippen molar-refractivity contribution in [3.8, 4) is 0 Å².